The molecular formula is C18H18N4O. The maximum Gasteiger partial charge on any atom is 0.270 e. The van der Waals surface area contributed by atoms with Gasteiger partial charge in [-0.15, -0.1) is 0 Å². The van der Waals surface area contributed by atoms with Gasteiger partial charge in [0, 0.05) is 11.4 Å². The molecule has 2 aromatic carbocycles. The van der Waals surface area contributed by atoms with E-state index in [0.29, 0.717) is 16.6 Å². The van der Waals surface area contributed by atoms with Gasteiger partial charge in [-0.2, -0.15) is 0 Å². The number of amides is 1. The molecule has 0 fully saturated rings. The monoisotopic (exact) mass is 306 g/mol. The van der Waals surface area contributed by atoms with Crippen LogP contribution in [0.3, 0.4) is 0 Å². The number of aromatic nitrogens is 2. The summed E-state index contributed by atoms with van der Waals surface area (Å²) in [6, 6.07) is 17.4. The van der Waals surface area contributed by atoms with E-state index in [4.69, 9.17) is 5.73 Å². The van der Waals surface area contributed by atoms with Crippen molar-refractivity contribution in [1.29, 1.82) is 0 Å². The van der Waals surface area contributed by atoms with Crippen molar-refractivity contribution in [2.24, 2.45) is 0 Å². The predicted molar refractivity (Wildman–Crippen MR) is 91.0 cm³/mol. The summed E-state index contributed by atoms with van der Waals surface area (Å²) in [5, 5.41) is 3.68. The van der Waals surface area contributed by atoms with E-state index >= 15 is 0 Å². The van der Waals surface area contributed by atoms with Crippen LogP contribution in [0.15, 0.2) is 54.6 Å². The Bertz CT molecular complexity index is 833. The highest BCUT2D eigenvalue weighted by molar-refractivity contribution is 6.04. The summed E-state index contributed by atoms with van der Waals surface area (Å²) in [7, 11) is 0. The lowest BCUT2D eigenvalue weighted by molar-refractivity contribution is 0.0937. The first-order chi connectivity index (χ1) is 11.1. The molecule has 0 spiro atoms. The molecule has 116 valence electrons. The fourth-order valence-electron chi connectivity index (χ4n) is 2.58. The third-order valence-electron chi connectivity index (χ3n) is 3.60. The van der Waals surface area contributed by atoms with Crippen LogP contribution in [0.5, 0.6) is 0 Å². The van der Waals surface area contributed by atoms with Crippen molar-refractivity contribution in [2.75, 3.05) is 5.73 Å². The molecule has 3 rings (SSSR count). The molecule has 1 amide bonds. The molecule has 5 heteroatoms. The van der Waals surface area contributed by atoms with Crippen LogP contribution in [0.1, 0.15) is 23.0 Å². The summed E-state index contributed by atoms with van der Waals surface area (Å²) in [6.07, 6.45) is 0.755. The van der Waals surface area contributed by atoms with Crippen LogP contribution in [-0.2, 0) is 6.42 Å². The van der Waals surface area contributed by atoms with Gasteiger partial charge in [-0.1, -0.05) is 48.5 Å². The predicted octanol–water partition coefficient (Wildman–Crippen LogP) is 2.57. The summed E-state index contributed by atoms with van der Waals surface area (Å²) < 4.78 is 0. The zero-order chi connectivity index (χ0) is 16.2. The number of carbonyl (C=O) groups excluding carboxylic acids is 1. The quantitative estimate of drug-likeness (QED) is 0.776. The number of hydrogen-bond donors (Lipinski definition) is 2. The van der Waals surface area contributed by atoms with Crippen LogP contribution >= 0.6 is 0 Å². The molecule has 0 saturated heterocycles. The molecule has 5 nitrogen and oxygen atoms in total. The first kappa shape index (κ1) is 15.0. The molecule has 0 aliphatic carbocycles. The van der Waals surface area contributed by atoms with Gasteiger partial charge in [0.25, 0.3) is 5.91 Å². The lowest BCUT2D eigenvalue weighted by Gasteiger charge is -2.14. The van der Waals surface area contributed by atoms with Crippen molar-refractivity contribution in [2.45, 2.75) is 19.4 Å². The minimum Gasteiger partial charge on any atom is -0.368 e. The Hall–Kier alpha value is -2.95. The van der Waals surface area contributed by atoms with E-state index in [-0.39, 0.29) is 17.9 Å². The van der Waals surface area contributed by atoms with E-state index < -0.39 is 0 Å². The standard InChI is InChI=1S/C18H18N4O/c1-12(11-13-7-3-2-4-8-13)20-17(23)16-14-9-5-6-10-15(14)21-18(19)22-16/h2-10,12H,11H2,1H3,(H,20,23)(H2,19,21,22). The van der Waals surface area contributed by atoms with Crippen molar-refractivity contribution in [3.05, 3.63) is 65.9 Å². The van der Waals surface area contributed by atoms with E-state index in [0.717, 1.165) is 6.42 Å². The summed E-state index contributed by atoms with van der Waals surface area (Å²) in [6.45, 7) is 1.97. The van der Waals surface area contributed by atoms with Crippen molar-refractivity contribution < 1.29 is 4.79 Å². The number of anilines is 1. The molecular weight excluding hydrogens is 288 g/mol. The number of carbonyl (C=O) groups is 1. The number of nitrogens with zero attached hydrogens (tertiary/aromatic N) is 2. The van der Waals surface area contributed by atoms with Gasteiger partial charge in [-0.05, 0) is 25.0 Å². The Balaban J connectivity index is 1.81. The first-order valence-corrected chi connectivity index (χ1v) is 7.50. The van der Waals surface area contributed by atoms with Crippen LogP contribution in [0.2, 0.25) is 0 Å². The van der Waals surface area contributed by atoms with Crippen LogP contribution in [0, 0.1) is 0 Å². The number of nitrogens with two attached hydrogens (primary N) is 1. The SMILES string of the molecule is CC(Cc1ccccc1)NC(=O)c1nc(N)nc2ccccc12. The molecule has 1 aromatic heterocycles. The highest BCUT2D eigenvalue weighted by Gasteiger charge is 2.16. The van der Waals surface area contributed by atoms with Crippen molar-refractivity contribution >= 4 is 22.8 Å². The molecule has 0 bridgehead atoms. The van der Waals surface area contributed by atoms with Gasteiger partial charge in [0.15, 0.2) is 0 Å². The lowest BCUT2D eigenvalue weighted by atomic mass is 10.1. The Labute approximate surface area is 134 Å². The van der Waals surface area contributed by atoms with Crippen molar-refractivity contribution in [3.63, 3.8) is 0 Å². The topological polar surface area (TPSA) is 80.9 Å². The number of para-hydroxylation sites is 1. The molecule has 3 N–H and O–H groups in total. The summed E-state index contributed by atoms with van der Waals surface area (Å²) >= 11 is 0. The fourth-order valence-corrected chi connectivity index (χ4v) is 2.58. The Morgan fingerprint density at radius 2 is 1.78 bits per heavy atom. The maximum absolute atomic E-state index is 12.6. The molecule has 3 aromatic rings. The number of hydrogen-bond acceptors (Lipinski definition) is 4. The second-order valence-electron chi connectivity index (χ2n) is 5.51. The Kier molecular flexibility index (Phi) is 4.19. The van der Waals surface area contributed by atoms with E-state index in [1.54, 1.807) is 0 Å². The second-order valence-corrected chi connectivity index (χ2v) is 5.51. The molecule has 1 unspecified atom stereocenters. The summed E-state index contributed by atoms with van der Waals surface area (Å²) in [5.41, 5.74) is 7.87. The van der Waals surface area contributed by atoms with Crippen molar-refractivity contribution in [1.82, 2.24) is 15.3 Å². The maximum atomic E-state index is 12.6. The van der Waals surface area contributed by atoms with Crippen LogP contribution < -0.4 is 11.1 Å². The van der Waals surface area contributed by atoms with E-state index in [9.17, 15) is 4.79 Å². The molecule has 0 radical (unpaired) electrons. The number of fused-ring (bicyclic) bond motifs is 1. The average Bonchev–Trinajstić information content (AvgIpc) is 2.54. The summed E-state index contributed by atoms with van der Waals surface area (Å²) in [4.78, 5) is 20.8. The second kappa shape index (κ2) is 6.44. The largest absolute Gasteiger partial charge is 0.368 e. The molecule has 0 saturated carbocycles. The minimum atomic E-state index is -0.237. The van der Waals surface area contributed by atoms with Crippen LogP contribution in [0.4, 0.5) is 5.95 Å². The highest BCUT2D eigenvalue weighted by Crippen LogP contribution is 2.16. The van der Waals surface area contributed by atoms with Gasteiger partial charge in [-0.3, -0.25) is 4.79 Å². The Morgan fingerprint density at radius 3 is 2.57 bits per heavy atom. The van der Waals surface area contributed by atoms with Gasteiger partial charge in [0.2, 0.25) is 5.95 Å². The molecule has 0 aliphatic rings. The van der Waals surface area contributed by atoms with Crippen molar-refractivity contribution in [3.8, 4) is 0 Å². The van der Waals surface area contributed by atoms with E-state index in [1.807, 2.05) is 61.5 Å². The normalized spacial score (nSPS) is 12.0. The van der Waals surface area contributed by atoms with Crippen LogP contribution in [-0.4, -0.2) is 21.9 Å². The number of benzene rings is 2. The number of nitrogen functional groups attached to an aromatic ring is 1. The fraction of sp³-hybridized carbons (Fsp3) is 0.167. The third kappa shape index (κ3) is 3.45. The first-order valence-electron chi connectivity index (χ1n) is 7.50. The van der Waals surface area contributed by atoms with E-state index in [2.05, 4.69) is 15.3 Å². The third-order valence-corrected chi connectivity index (χ3v) is 3.60. The van der Waals surface area contributed by atoms with E-state index in [1.165, 1.54) is 5.56 Å². The zero-order valence-electron chi connectivity index (χ0n) is 12.9. The smallest absolute Gasteiger partial charge is 0.270 e. The number of rotatable bonds is 4. The molecule has 1 heterocycles. The van der Waals surface area contributed by atoms with Gasteiger partial charge in [0.1, 0.15) is 5.69 Å². The van der Waals surface area contributed by atoms with Gasteiger partial charge >= 0.3 is 0 Å². The highest BCUT2D eigenvalue weighted by atomic mass is 16.1. The zero-order valence-corrected chi connectivity index (χ0v) is 12.9. The Morgan fingerprint density at radius 1 is 1.09 bits per heavy atom. The molecule has 23 heavy (non-hydrogen) atoms. The summed E-state index contributed by atoms with van der Waals surface area (Å²) in [5.74, 6) is -0.136. The van der Waals surface area contributed by atoms with Gasteiger partial charge in [-0.25, -0.2) is 9.97 Å². The molecule has 0 aliphatic heterocycles. The average molecular weight is 306 g/mol. The van der Waals surface area contributed by atoms with Gasteiger partial charge < -0.3 is 11.1 Å². The van der Waals surface area contributed by atoms with Crippen LogP contribution in [0.25, 0.3) is 10.9 Å². The number of nitrogens with one attached hydrogen (secondary N) is 1. The van der Waals surface area contributed by atoms with Gasteiger partial charge in [0.05, 0.1) is 5.52 Å². The lowest BCUT2D eigenvalue weighted by Crippen LogP contribution is -2.34. The minimum absolute atomic E-state index is 0.0140. The molecule has 1 atom stereocenters.